The number of guanidine groups is 1. The summed E-state index contributed by atoms with van der Waals surface area (Å²) in [5, 5.41) is 6.48. The summed E-state index contributed by atoms with van der Waals surface area (Å²) in [6, 6.07) is 8.03. The number of nitrogens with one attached hydrogen (secondary N) is 2. The Bertz CT molecular complexity index is 444. The van der Waals surface area contributed by atoms with Gasteiger partial charge in [-0.2, -0.15) is 0 Å². The predicted molar refractivity (Wildman–Crippen MR) is 104 cm³/mol. The molecule has 0 saturated carbocycles. The molecule has 0 radical (unpaired) electrons. The number of nitrogens with zero attached hydrogens (tertiary/aromatic N) is 1. The highest BCUT2D eigenvalue weighted by Gasteiger charge is 2.02. The first-order valence-electron chi connectivity index (χ1n) is 7.45. The lowest BCUT2D eigenvalue weighted by molar-refractivity contribution is 0.0733. The zero-order valence-corrected chi connectivity index (χ0v) is 16.5. The number of hydrogen-bond donors (Lipinski definition) is 2. The van der Waals surface area contributed by atoms with E-state index in [4.69, 9.17) is 14.2 Å². The molecule has 0 aliphatic rings. The van der Waals surface area contributed by atoms with Gasteiger partial charge in [0.05, 0.1) is 26.9 Å². The molecule has 132 valence electrons. The van der Waals surface area contributed by atoms with Crippen molar-refractivity contribution in [3.8, 4) is 5.75 Å². The molecular formula is C16H28IN3O3. The van der Waals surface area contributed by atoms with Crippen molar-refractivity contribution in [2.75, 3.05) is 54.2 Å². The quantitative estimate of drug-likeness (QED) is 0.253. The van der Waals surface area contributed by atoms with Crippen LogP contribution in [0.4, 0.5) is 0 Å². The highest BCUT2D eigenvalue weighted by Crippen LogP contribution is 2.17. The first-order valence-corrected chi connectivity index (χ1v) is 7.45. The Morgan fingerprint density at radius 3 is 2.48 bits per heavy atom. The number of para-hydroxylation sites is 1. The van der Waals surface area contributed by atoms with Gasteiger partial charge in [-0.15, -0.1) is 24.0 Å². The number of ether oxygens (including phenoxy) is 3. The zero-order valence-electron chi connectivity index (χ0n) is 14.1. The van der Waals surface area contributed by atoms with Gasteiger partial charge in [-0.25, -0.2) is 0 Å². The Morgan fingerprint density at radius 2 is 1.78 bits per heavy atom. The fourth-order valence-corrected chi connectivity index (χ4v) is 1.93. The van der Waals surface area contributed by atoms with E-state index in [1.54, 1.807) is 21.3 Å². The van der Waals surface area contributed by atoms with Crippen LogP contribution >= 0.6 is 24.0 Å². The fourth-order valence-electron chi connectivity index (χ4n) is 1.93. The molecule has 0 unspecified atom stereocenters. The van der Waals surface area contributed by atoms with E-state index in [0.717, 1.165) is 24.7 Å². The van der Waals surface area contributed by atoms with Crippen LogP contribution in [0.5, 0.6) is 5.75 Å². The van der Waals surface area contributed by atoms with Crippen LogP contribution in [0, 0.1) is 0 Å². The molecule has 0 spiro atoms. The Hall–Kier alpha value is -1.06. The van der Waals surface area contributed by atoms with Crippen molar-refractivity contribution in [1.29, 1.82) is 0 Å². The van der Waals surface area contributed by atoms with Gasteiger partial charge in [0.15, 0.2) is 5.96 Å². The maximum Gasteiger partial charge on any atom is 0.191 e. The lowest BCUT2D eigenvalue weighted by Crippen LogP contribution is -2.39. The summed E-state index contributed by atoms with van der Waals surface area (Å²) in [7, 11) is 5.11. The minimum absolute atomic E-state index is 0. The van der Waals surface area contributed by atoms with Crippen LogP contribution in [0.2, 0.25) is 0 Å². The summed E-state index contributed by atoms with van der Waals surface area (Å²) in [5.74, 6) is 1.68. The van der Waals surface area contributed by atoms with Crippen LogP contribution < -0.4 is 15.4 Å². The van der Waals surface area contributed by atoms with Crippen LogP contribution in [0.25, 0.3) is 0 Å². The van der Waals surface area contributed by atoms with Crippen molar-refractivity contribution < 1.29 is 14.2 Å². The van der Waals surface area contributed by atoms with E-state index in [-0.39, 0.29) is 24.0 Å². The normalized spacial score (nSPS) is 10.8. The highest BCUT2D eigenvalue weighted by molar-refractivity contribution is 14.0. The third kappa shape index (κ3) is 9.62. The summed E-state index contributed by atoms with van der Waals surface area (Å²) in [4.78, 5) is 4.18. The lowest BCUT2D eigenvalue weighted by atomic mass is 10.1. The van der Waals surface area contributed by atoms with Crippen LogP contribution in [0.15, 0.2) is 29.3 Å². The van der Waals surface area contributed by atoms with E-state index in [1.807, 2.05) is 18.2 Å². The van der Waals surface area contributed by atoms with Crippen molar-refractivity contribution in [1.82, 2.24) is 10.6 Å². The molecule has 0 heterocycles. The molecule has 1 aromatic rings. The number of hydrogen-bond acceptors (Lipinski definition) is 4. The number of rotatable bonds is 10. The van der Waals surface area contributed by atoms with Crippen molar-refractivity contribution in [2.24, 2.45) is 4.99 Å². The molecule has 6 nitrogen and oxygen atoms in total. The van der Waals surface area contributed by atoms with Crippen molar-refractivity contribution in [3.05, 3.63) is 29.8 Å². The smallest absolute Gasteiger partial charge is 0.191 e. The minimum Gasteiger partial charge on any atom is -0.496 e. The monoisotopic (exact) mass is 437 g/mol. The standard InChI is InChI=1S/C16H27N3O3.HI/c1-17-16(19-10-11-22-13-12-20-2)18-9-8-14-6-4-5-7-15(14)21-3;/h4-7H,8-13H2,1-3H3,(H2,17,18,19);1H. The summed E-state index contributed by atoms with van der Waals surface area (Å²) >= 11 is 0. The van der Waals surface area contributed by atoms with E-state index in [2.05, 4.69) is 21.7 Å². The Labute approximate surface area is 156 Å². The van der Waals surface area contributed by atoms with Gasteiger partial charge in [-0.05, 0) is 18.1 Å². The summed E-state index contributed by atoms with van der Waals surface area (Å²) in [6.45, 7) is 3.34. The molecule has 23 heavy (non-hydrogen) atoms. The second-order valence-corrected chi connectivity index (χ2v) is 4.59. The highest BCUT2D eigenvalue weighted by atomic mass is 127. The second-order valence-electron chi connectivity index (χ2n) is 4.59. The molecule has 2 N–H and O–H groups in total. The summed E-state index contributed by atoms with van der Waals surface area (Å²) in [6.07, 6.45) is 0.870. The van der Waals surface area contributed by atoms with Crippen LogP contribution in [-0.4, -0.2) is 60.1 Å². The van der Waals surface area contributed by atoms with Gasteiger partial charge >= 0.3 is 0 Å². The lowest BCUT2D eigenvalue weighted by Gasteiger charge is -2.13. The van der Waals surface area contributed by atoms with Crippen LogP contribution in [-0.2, 0) is 15.9 Å². The SMILES string of the molecule is CN=C(NCCOCCOC)NCCc1ccccc1OC.I. The van der Waals surface area contributed by atoms with Crippen LogP contribution in [0.3, 0.4) is 0 Å². The third-order valence-electron chi connectivity index (χ3n) is 3.07. The molecule has 0 aliphatic heterocycles. The fraction of sp³-hybridized carbons (Fsp3) is 0.562. The summed E-state index contributed by atoms with van der Waals surface area (Å²) in [5.41, 5.74) is 1.18. The van der Waals surface area contributed by atoms with E-state index >= 15 is 0 Å². The van der Waals surface area contributed by atoms with Crippen molar-refractivity contribution in [3.63, 3.8) is 0 Å². The van der Waals surface area contributed by atoms with Crippen LogP contribution in [0.1, 0.15) is 5.56 Å². The topological polar surface area (TPSA) is 64.1 Å². The van der Waals surface area contributed by atoms with Gasteiger partial charge in [0.25, 0.3) is 0 Å². The van der Waals surface area contributed by atoms with E-state index in [1.165, 1.54) is 5.56 Å². The molecular weight excluding hydrogens is 409 g/mol. The van der Waals surface area contributed by atoms with Gasteiger partial charge < -0.3 is 24.8 Å². The molecule has 1 rings (SSSR count). The average Bonchev–Trinajstić information content (AvgIpc) is 2.56. The van der Waals surface area contributed by atoms with Gasteiger partial charge in [0, 0.05) is 27.2 Å². The number of halogens is 1. The molecule has 1 aromatic carbocycles. The molecule has 0 fully saturated rings. The molecule has 0 aliphatic carbocycles. The minimum atomic E-state index is 0. The third-order valence-corrected chi connectivity index (χ3v) is 3.07. The van der Waals surface area contributed by atoms with Crippen molar-refractivity contribution >= 4 is 29.9 Å². The number of aliphatic imine (C=N–C) groups is 1. The molecule has 7 heteroatoms. The van der Waals surface area contributed by atoms with E-state index < -0.39 is 0 Å². The second kappa shape index (κ2) is 14.5. The predicted octanol–water partition coefficient (Wildman–Crippen LogP) is 1.68. The Balaban J connectivity index is 0.00000484. The maximum atomic E-state index is 5.39. The molecule has 0 saturated heterocycles. The first kappa shape index (κ1) is 21.9. The van der Waals surface area contributed by atoms with Gasteiger partial charge in [-0.1, -0.05) is 18.2 Å². The molecule has 0 bridgehead atoms. The molecule has 0 aromatic heterocycles. The van der Waals surface area contributed by atoms with Gasteiger partial charge in [0.1, 0.15) is 5.75 Å². The summed E-state index contributed by atoms with van der Waals surface area (Å²) < 4.78 is 15.6. The average molecular weight is 437 g/mol. The van der Waals surface area contributed by atoms with Gasteiger partial charge in [-0.3, -0.25) is 4.99 Å². The first-order chi connectivity index (χ1) is 10.8. The number of methoxy groups -OCH3 is 2. The number of benzene rings is 1. The molecule has 0 atom stereocenters. The largest absolute Gasteiger partial charge is 0.496 e. The van der Waals surface area contributed by atoms with Gasteiger partial charge in [0.2, 0.25) is 0 Å². The maximum absolute atomic E-state index is 5.39. The van der Waals surface area contributed by atoms with Crippen molar-refractivity contribution in [2.45, 2.75) is 6.42 Å². The Kier molecular flexibility index (Phi) is 13.9. The zero-order chi connectivity index (χ0) is 16.0. The van der Waals surface area contributed by atoms with E-state index in [9.17, 15) is 0 Å². The van der Waals surface area contributed by atoms with E-state index in [0.29, 0.717) is 26.4 Å². The molecule has 0 amide bonds. The Morgan fingerprint density at radius 1 is 1.04 bits per heavy atom.